The maximum Gasteiger partial charge on any atom is 0.407 e. The van der Waals surface area contributed by atoms with Crippen molar-refractivity contribution in [2.75, 3.05) is 26.2 Å². The highest BCUT2D eigenvalue weighted by atomic mass is 127. The molecule has 19 heavy (non-hydrogen) atoms. The van der Waals surface area contributed by atoms with Crippen LogP contribution in [0.4, 0.5) is 5.69 Å². The summed E-state index contributed by atoms with van der Waals surface area (Å²) >= 11 is 2.17. The van der Waals surface area contributed by atoms with Gasteiger partial charge < -0.3 is 24.5 Å². The van der Waals surface area contributed by atoms with Gasteiger partial charge in [0.05, 0.1) is 16.4 Å². The monoisotopic (exact) mass is 379 g/mol. The summed E-state index contributed by atoms with van der Waals surface area (Å²) in [7, 11) is 2.51. The standard InChI is InChI=1S/C12H19BINO4/c1-7-8(2)12(18-5)10(15-13(3)16)9(14)11(7)19-6-17-4/h15-16H,6H2,1-5H3. The molecule has 0 saturated heterocycles. The minimum Gasteiger partial charge on any atom is -0.494 e. The van der Waals surface area contributed by atoms with Crippen LogP contribution in [0.5, 0.6) is 11.5 Å². The summed E-state index contributed by atoms with van der Waals surface area (Å²) in [6, 6.07) is 0. The van der Waals surface area contributed by atoms with E-state index in [-0.39, 0.29) is 6.79 Å². The van der Waals surface area contributed by atoms with E-state index < -0.39 is 7.05 Å². The van der Waals surface area contributed by atoms with Gasteiger partial charge in [-0.2, -0.15) is 0 Å². The van der Waals surface area contributed by atoms with Crippen molar-refractivity contribution in [2.24, 2.45) is 0 Å². The van der Waals surface area contributed by atoms with Crippen LogP contribution in [0.3, 0.4) is 0 Å². The maximum atomic E-state index is 9.54. The molecular weight excluding hydrogens is 360 g/mol. The van der Waals surface area contributed by atoms with Gasteiger partial charge >= 0.3 is 7.05 Å². The highest BCUT2D eigenvalue weighted by Gasteiger charge is 2.21. The molecule has 2 N–H and O–H groups in total. The third kappa shape index (κ3) is 3.67. The topological polar surface area (TPSA) is 60.0 Å². The molecule has 0 bridgehead atoms. The zero-order valence-corrected chi connectivity index (χ0v) is 14.0. The lowest BCUT2D eigenvalue weighted by Crippen LogP contribution is -2.21. The number of hydrogen-bond acceptors (Lipinski definition) is 5. The van der Waals surface area contributed by atoms with Gasteiger partial charge in [0.2, 0.25) is 0 Å². The van der Waals surface area contributed by atoms with E-state index >= 15 is 0 Å². The van der Waals surface area contributed by atoms with Gasteiger partial charge in [-0.15, -0.1) is 0 Å². The Bertz CT molecular complexity index is 454. The second kappa shape index (κ2) is 7.21. The molecule has 0 saturated carbocycles. The summed E-state index contributed by atoms with van der Waals surface area (Å²) in [4.78, 5) is 0. The highest BCUT2D eigenvalue weighted by Crippen LogP contribution is 2.42. The van der Waals surface area contributed by atoms with Crippen molar-refractivity contribution in [3.63, 3.8) is 0 Å². The van der Waals surface area contributed by atoms with Gasteiger partial charge in [-0.05, 0) is 54.4 Å². The minimum atomic E-state index is -0.681. The Kier molecular flexibility index (Phi) is 6.22. The fourth-order valence-electron chi connectivity index (χ4n) is 1.79. The van der Waals surface area contributed by atoms with Crippen LogP contribution in [0.25, 0.3) is 0 Å². The molecular formula is C12H19BINO4. The molecule has 0 spiro atoms. The molecule has 0 atom stereocenters. The molecule has 0 fully saturated rings. The Labute approximate surface area is 127 Å². The molecule has 0 heterocycles. The van der Waals surface area contributed by atoms with E-state index in [4.69, 9.17) is 14.2 Å². The fourth-order valence-corrected chi connectivity index (χ4v) is 2.75. The average molecular weight is 379 g/mol. The van der Waals surface area contributed by atoms with E-state index in [1.165, 1.54) is 0 Å². The summed E-state index contributed by atoms with van der Waals surface area (Å²) in [5.74, 6) is 1.46. The summed E-state index contributed by atoms with van der Waals surface area (Å²) in [6.45, 7) is 5.76. The minimum absolute atomic E-state index is 0.177. The lowest BCUT2D eigenvalue weighted by atomic mass is 9.88. The lowest BCUT2D eigenvalue weighted by Gasteiger charge is -2.21. The molecule has 106 valence electrons. The van der Waals surface area contributed by atoms with Gasteiger partial charge in [0.25, 0.3) is 0 Å². The number of halogens is 1. The number of anilines is 1. The third-order valence-electron chi connectivity index (χ3n) is 2.77. The van der Waals surface area contributed by atoms with Crippen molar-refractivity contribution in [2.45, 2.75) is 20.7 Å². The fraction of sp³-hybridized carbons (Fsp3) is 0.500. The number of ether oxygens (including phenoxy) is 3. The van der Waals surface area contributed by atoms with Crippen LogP contribution in [0, 0.1) is 17.4 Å². The van der Waals surface area contributed by atoms with Gasteiger partial charge in [0.1, 0.15) is 11.5 Å². The first-order valence-corrected chi connectivity index (χ1v) is 6.94. The maximum absolute atomic E-state index is 9.54. The number of nitrogens with one attached hydrogen (secondary N) is 1. The van der Waals surface area contributed by atoms with Gasteiger partial charge in [-0.3, -0.25) is 0 Å². The zero-order chi connectivity index (χ0) is 14.6. The Balaban J connectivity index is 3.37. The summed E-state index contributed by atoms with van der Waals surface area (Å²) in [5.41, 5.74) is 2.69. The molecule has 0 aliphatic carbocycles. The van der Waals surface area contributed by atoms with Crippen molar-refractivity contribution in [1.29, 1.82) is 0 Å². The van der Waals surface area contributed by atoms with Crippen molar-refractivity contribution in [1.82, 2.24) is 0 Å². The Hall–Kier alpha value is -0.665. The van der Waals surface area contributed by atoms with E-state index in [2.05, 4.69) is 27.8 Å². The van der Waals surface area contributed by atoms with Crippen LogP contribution in [0.1, 0.15) is 11.1 Å². The smallest absolute Gasteiger partial charge is 0.407 e. The van der Waals surface area contributed by atoms with E-state index in [9.17, 15) is 5.02 Å². The normalized spacial score (nSPS) is 10.3. The van der Waals surface area contributed by atoms with E-state index in [1.807, 2.05) is 13.8 Å². The van der Waals surface area contributed by atoms with Gasteiger partial charge in [0.15, 0.2) is 6.79 Å². The molecule has 0 aliphatic heterocycles. The van der Waals surface area contributed by atoms with E-state index in [0.29, 0.717) is 5.75 Å². The molecule has 0 aromatic heterocycles. The van der Waals surface area contributed by atoms with Crippen LogP contribution in [0.2, 0.25) is 6.82 Å². The Morgan fingerprint density at radius 3 is 2.26 bits per heavy atom. The summed E-state index contributed by atoms with van der Waals surface area (Å²) < 4.78 is 16.8. The quantitative estimate of drug-likeness (QED) is 0.452. The van der Waals surface area contributed by atoms with Crippen LogP contribution in [-0.2, 0) is 4.74 Å². The zero-order valence-electron chi connectivity index (χ0n) is 11.8. The second-order valence-electron chi connectivity index (χ2n) is 4.17. The molecule has 0 radical (unpaired) electrons. The van der Waals surface area contributed by atoms with E-state index in [0.717, 1.165) is 26.1 Å². The molecule has 5 nitrogen and oxygen atoms in total. The van der Waals surface area contributed by atoms with Crippen LogP contribution in [-0.4, -0.2) is 33.1 Å². The molecule has 1 aromatic carbocycles. The molecule has 1 aromatic rings. The summed E-state index contributed by atoms with van der Waals surface area (Å²) in [5, 5.41) is 12.5. The van der Waals surface area contributed by atoms with Crippen molar-refractivity contribution < 1.29 is 19.2 Å². The predicted octanol–water partition coefficient (Wildman–Crippen LogP) is 2.42. The average Bonchev–Trinajstić information content (AvgIpc) is 2.36. The van der Waals surface area contributed by atoms with Crippen LogP contribution >= 0.6 is 22.6 Å². The summed E-state index contributed by atoms with van der Waals surface area (Å²) in [6.07, 6.45) is 0. The first-order valence-electron chi connectivity index (χ1n) is 5.87. The van der Waals surface area contributed by atoms with Gasteiger partial charge in [-0.1, -0.05) is 0 Å². The Morgan fingerprint density at radius 1 is 1.21 bits per heavy atom. The van der Waals surface area contributed by atoms with E-state index in [1.54, 1.807) is 21.0 Å². The Morgan fingerprint density at radius 2 is 1.79 bits per heavy atom. The number of rotatable bonds is 6. The lowest BCUT2D eigenvalue weighted by molar-refractivity contribution is 0.0500. The molecule has 0 amide bonds. The number of hydrogen-bond donors (Lipinski definition) is 2. The van der Waals surface area contributed by atoms with Crippen molar-refractivity contribution in [3.05, 3.63) is 14.7 Å². The molecule has 1 rings (SSSR count). The molecule has 0 aliphatic rings. The van der Waals surface area contributed by atoms with Crippen molar-refractivity contribution >= 4 is 35.3 Å². The largest absolute Gasteiger partial charge is 0.494 e. The molecule has 0 unspecified atom stereocenters. The first-order chi connectivity index (χ1) is 8.93. The first kappa shape index (κ1) is 16.4. The third-order valence-corrected chi connectivity index (χ3v) is 3.80. The predicted molar refractivity (Wildman–Crippen MR) is 85.1 cm³/mol. The SMILES string of the molecule is COCOc1c(C)c(C)c(OC)c(NB(C)O)c1I. The van der Waals surface area contributed by atoms with Crippen molar-refractivity contribution in [3.8, 4) is 11.5 Å². The second-order valence-corrected chi connectivity index (χ2v) is 5.25. The number of methoxy groups -OCH3 is 2. The highest BCUT2D eigenvalue weighted by molar-refractivity contribution is 14.1. The van der Waals surface area contributed by atoms with Crippen LogP contribution in [0.15, 0.2) is 0 Å². The van der Waals surface area contributed by atoms with Crippen LogP contribution < -0.4 is 14.7 Å². The van der Waals surface area contributed by atoms with Gasteiger partial charge in [-0.25, -0.2) is 0 Å². The number of benzene rings is 1. The molecule has 7 heteroatoms. The van der Waals surface area contributed by atoms with Gasteiger partial charge in [0, 0.05) is 7.11 Å².